The third-order valence-corrected chi connectivity index (χ3v) is 4.79. The van der Waals surface area contributed by atoms with Gasteiger partial charge in [0.1, 0.15) is 0 Å². The number of amides is 2. The van der Waals surface area contributed by atoms with Gasteiger partial charge in [-0.2, -0.15) is 0 Å². The maximum atomic E-state index is 12.8. The molecule has 1 aromatic carbocycles. The van der Waals surface area contributed by atoms with Crippen molar-refractivity contribution in [3.05, 3.63) is 23.8 Å². The summed E-state index contributed by atoms with van der Waals surface area (Å²) < 4.78 is 16.1. The Hall–Kier alpha value is -1.95. The SMILES string of the molecule is COc1cccc(CN(C(=O)NCC(C)OC)C2CCCC2)c1OC. The van der Waals surface area contributed by atoms with Gasteiger partial charge >= 0.3 is 6.03 Å². The van der Waals surface area contributed by atoms with E-state index >= 15 is 0 Å². The second-order valence-corrected chi connectivity index (χ2v) is 6.45. The standard InChI is InChI=1S/C19H30N2O4/c1-14(23-2)12-20-19(22)21(16-9-5-6-10-16)13-15-8-7-11-17(24-3)18(15)25-4/h7-8,11,14,16H,5-6,9-10,12-13H2,1-4H3,(H,20,22). The fraction of sp³-hybridized carbons (Fsp3) is 0.632. The molecule has 0 spiro atoms. The Morgan fingerprint density at radius 3 is 2.56 bits per heavy atom. The van der Waals surface area contributed by atoms with E-state index in [-0.39, 0.29) is 18.2 Å². The third-order valence-electron chi connectivity index (χ3n) is 4.79. The molecule has 25 heavy (non-hydrogen) atoms. The molecule has 1 atom stereocenters. The fourth-order valence-electron chi connectivity index (χ4n) is 3.26. The first-order valence-corrected chi connectivity index (χ1v) is 8.87. The number of carbonyl (C=O) groups excluding carboxylic acids is 1. The molecule has 2 rings (SSSR count). The van der Waals surface area contributed by atoms with E-state index in [1.165, 1.54) is 0 Å². The van der Waals surface area contributed by atoms with E-state index in [2.05, 4.69) is 5.32 Å². The van der Waals surface area contributed by atoms with Gasteiger partial charge in [-0.3, -0.25) is 0 Å². The molecule has 1 aromatic rings. The Morgan fingerprint density at radius 1 is 1.24 bits per heavy atom. The highest BCUT2D eigenvalue weighted by Gasteiger charge is 2.28. The maximum Gasteiger partial charge on any atom is 0.318 e. The van der Waals surface area contributed by atoms with Gasteiger partial charge in [-0.25, -0.2) is 4.79 Å². The van der Waals surface area contributed by atoms with E-state index in [1.54, 1.807) is 21.3 Å². The highest BCUT2D eigenvalue weighted by atomic mass is 16.5. The third kappa shape index (κ3) is 5.01. The van der Waals surface area contributed by atoms with Crippen LogP contribution in [-0.4, -0.2) is 51.0 Å². The summed E-state index contributed by atoms with van der Waals surface area (Å²) in [5.41, 5.74) is 0.948. The van der Waals surface area contributed by atoms with Crippen LogP contribution in [0.4, 0.5) is 4.79 Å². The molecule has 6 heteroatoms. The molecular weight excluding hydrogens is 320 g/mol. The highest BCUT2D eigenvalue weighted by molar-refractivity contribution is 5.74. The molecule has 1 N–H and O–H groups in total. The normalized spacial score (nSPS) is 15.7. The molecule has 0 aromatic heterocycles. The van der Waals surface area contributed by atoms with Crippen molar-refractivity contribution in [2.45, 2.75) is 51.3 Å². The number of hydrogen-bond acceptors (Lipinski definition) is 4. The molecule has 1 unspecified atom stereocenters. The molecule has 0 radical (unpaired) electrons. The summed E-state index contributed by atoms with van der Waals surface area (Å²) in [6, 6.07) is 5.97. The van der Waals surface area contributed by atoms with Crippen molar-refractivity contribution in [2.24, 2.45) is 0 Å². The van der Waals surface area contributed by atoms with Crippen molar-refractivity contribution >= 4 is 6.03 Å². The van der Waals surface area contributed by atoms with Crippen LogP contribution in [0.15, 0.2) is 18.2 Å². The van der Waals surface area contributed by atoms with E-state index < -0.39 is 0 Å². The van der Waals surface area contributed by atoms with Gasteiger partial charge < -0.3 is 24.4 Å². The Morgan fingerprint density at radius 2 is 1.96 bits per heavy atom. The van der Waals surface area contributed by atoms with Crippen LogP contribution < -0.4 is 14.8 Å². The van der Waals surface area contributed by atoms with Gasteiger partial charge in [0.05, 0.1) is 26.9 Å². The Bertz CT molecular complexity index is 558. The second kappa shape index (κ2) is 9.51. The zero-order valence-electron chi connectivity index (χ0n) is 15.7. The minimum atomic E-state index is -0.0549. The summed E-state index contributed by atoms with van der Waals surface area (Å²) in [6.45, 7) is 2.93. The molecule has 0 saturated heterocycles. The van der Waals surface area contributed by atoms with Crippen molar-refractivity contribution < 1.29 is 19.0 Å². The molecule has 0 heterocycles. The molecule has 1 aliphatic rings. The van der Waals surface area contributed by atoms with Gasteiger partial charge in [-0.1, -0.05) is 25.0 Å². The first-order valence-electron chi connectivity index (χ1n) is 8.87. The van der Waals surface area contributed by atoms with Crippen LogP contribution in [0.3, 0.4) is 0 Å². The number of ether oxygens (including phenoxy) is 3. The van der Waals surface area contributed by atoms with E-state index in [9.17, 15) is 4.79 Å². The number of nitrogens with one attached hydrogen (secondary N) is 1. The van der Waals surface area contributed by atoms with Crippen molar-refractivity contribution in [3.63, 3.8) is 0 Å². The Labute approximate surface area is 150 Å². The molecule has 1 fully saturated rings. The van der Waals surface area contributed by atoms with Crippen molar-refractivity contribution in [1.82, 2.24) is 10.2 Å². The number of nitrogens with zero attached hydrogens (tertiary/aromatic N) is 1. The molecule has 2 amide bonds. The maximum absolute atomic E-state index is 12.8. The van der Waals surface area contributed by atoms with Gasteiger partial charge in [0.25, 0.3) is 0 Å². The largest absolute Gasteiger partial charge is 0.493 e. The lowest BCUT2D eigenvalue weighted by molar-refractivity contribution is 0.112. The van der Waals surface area contributed by atoms with Crippen LogP contribution in [0.2, 0.25) is 0 Å². The van der Waals surface area contributed by atoms with Crippen molar-refractivity contribution in [3.8, 4) is 11.5 Å². The number of carbonyl (C=O) groups is 1. The van der Waals surface area contributed by atoms with Crippen LogP contribution >= 0.6 is 0 Å². The first kappa shape index (κ1) is 19.4. The minimum absolute atomic E-state index is 0.0132. The van der Waals surface area contributed by atoms with E-state index in [0.717, 1.165) is 31.2 Å². The lowest BCUT2D eigenvalue weighted by atomic mass is 10.1. The van der Waals surface area contributed by atoms with Crippen molar-refractivity contribution in [2.75, 3.05) is 27.9 Å². The lowest BCUT2D eigenvalue weighted by Crippen LogP contribution is -2.46. The number of methoxy groups -OCH3 is 3. The summed E-state index contributed by atoms with van der Waals surface area (Å²) in [5, 5.41) is 2.99. The zero-order chi connectivity index (χ0) is 18.2. The number of hydrogen-bond donors (Lipinski definition) is 1. The smallest absolute Gasteiger partial charge is 0.318 e. The molecule has 1 aliphatic carbocycles. The van der Waals surface area contributed by atoms with E-state index in [0.29, 0.717) is 24.6 Å². The fourth-order valence-corrected chi connectivity index (χ4v) is 3.26. The number of rotatable bonds is 8. The molecule has 0 bridgehead atoms. The van der Waals surface area contributed by atoms with Crippen LogP contribution in [-0.2, 0) is 11.3 Å². The van der Waals surface area contributed by atoms with Gasteiger partial charge in [-0.05, 0) is 25.8 Å². The predicted molar refractivity (Wildman–Crippen MR) is 97.2 cm³/mol. The summed E-state index contributed by atoms with van der Waals surface area (Å²) >= 11 is 0. The first-order chi connectivity index (χ1) is 12.1. The second-order valence-electron chi connectivity index (χ2n) is 6.45. The minimum Gasteiger partial charge on any atom is -0.493 e. The number of para-hydroxylation sites is 1. The van der Waals surface area contributed by atoms with Crippen molar-refractivity contribution in [1.29, 1.82) is 0 Å². The van der Waals surface area contributed by atoms with Crippen LogP contribution in [0, 0.1) is 0 Å². The van der Waals surface area contributed by atoms with Crippen LogP contribution in [0.1, 0.15) is 38.2 Å². The molecule has 6 nitrogen and oxygen atoms in total. The van der Waals surface area contributed by atoms with Crippen LogP contribution in [0.5, 0.6) is 11.5 Å². The van der Waals surface area contributed by atoms with Gasteiger partial charge in [-0.15, -0.1) is 0 Å². The monoisotopic (exact) mass is 350 g/mol. The van der Waals surface area contributed by atoms with Gasteiger partial charge in [0.15, 0.2) is 11.5 Å². The van der Waals surface area contributed by atoms with Gasteiger partial charge in [0, 0.05) is 25.3 Å². The molecule has 140 valence electrons. The topological polar surface area (TPSA) is 60.0 Å². The predicted octanol–water partition coefficient (Wildman–Crippen LogP) is 3.19. The Kier molecular flexibility index (Phi) is 7.37. The van der Waals surface area contributed by atoms with E-state index in [1.807, 2.05) is 30.0 Å². The number of benzene rings is 1. The summed E-state index contributed by atoms with van der Waals surface area (Å²) in [5.74, 6) is 1.37. The lowest BCUT2D eigenvalue weighted by Gasteiger charge is -2.30. The van der Waals surface area contributed by atoms with Crippen LogP contribution in [0.25, 0.3) is 0 Å². The van der Waals surface area contributed by atoms with E-state index in [4.69, 9.17) is 14.2 Å². The summed E-state index contributed by atoms with van der Waals surface area (Å²) in [4.78, 5) is 14.7. The summed E-state index contributed by atoms with van der Waals surface area (Å²) in [6.07, 6.45) is 4.40. The molecular formula is C19H30N2O4. The van der Waals surface area contributed by atoms with Gasteiger partial charge in [0.2, 0.25) is 0 Å². The Balaban J connectivity index is 2.17. The quantitative estimate of drug-likeness (QED) is 0.782. The molecule has 0 aliphatic heterocycles. The average Bonchev–Trinajstić information content (AvgIpc) is 3.17. The molecule has 1 saturated carbocycles. The zero-order valence-corrected chi connectivity index (χ0v) is 15.7. The average molecular weight is 350 g/mol. The summed E-state index contributed by atoms with van der Waals surface area (Å²) in [7, 11) is 4.89. The number of urea groups is 1. The highest BCUT2D eigenvalue weighted by Crippen LogP contribution is 2.33.